The third-order valence-electron chi connectivity index (χ3n) is 2.21. The summed E-state index contributed by atoms with van der Waals surface area (Å²) in [7, 11) is 0. The molecule has 0 aromatic carbocycles. The van der Waals surface area contributed by atoms with Gasteiger partial charge in [-0.15, -0.1) is 12.3 Å². The Bertz CT molecular complexity index is 416. The Balaban J connectivity index is 3.89. The zero-order valence-electron chi connectivity index (χ0n) is 11.2. The molecule has 3 heteroatoms. The molecular formula is C16H20O3. The summed E-state index contributed by atoms with van der Waals surface area (Å²) in [5, 5.41) is 18.7. The number of ketones is 1. The molecule has 102 valence electrons. The van der Waals surface area contributed by atoms with Crippen molar-refractivity contribution in [2.24, 2.45) is 0 Å². The first-order valence-electron chi connectivity index (χ1n) is 6.19. The van der Waals surface area contributed by atoms with E-state index < -0.39 is 12.2 Å². The maximum absolute atomic E-state index is 10.7. The molecule has 0 radical (unpaired) electrons. The number of hydrogen-bond donors (Lipinski definition) is 2. The molecule has 0 spiro atoms. The molecule has 0 bridgehead atoms. The summed E-state index contributed by atoms with van der Waals surface area (Å²) in [4.78, 5) is 10.7. The van der Waals surface area contributed by atoms with E-state index in [0.29, 0.717) is 19.3 Å². The van der Waals surface area contributed by atoms with Crippen molar-refractivity contribution in [2.45, 2.75) is 44.8 Å². The summed E-state index contributed by atoms with van der Waals surface area (Å²) in [6, 6.07) is 0. The van der Waals surface area contributed by atoms with Crippen molar-refractivity contribution in [3.05, 3.63) is 24.3 Å². The van der Waals surface area contributed by atoms with Crippen molar-refractivity contribution in [1.82, 2.24) is 0 Å². The van der Waals surface area contributed by atoms with E-state index in [9.17, 15) is 15.0 Å². The van der Waals surface area contributed by atoms with Crippen LogP contribution in [0.4, 0.5) is 0 Å². The fourth-order valence-corrected chi connectivity index (χ4v) is 1.25. The lowest BCUT2D eigenvalue weighted by Gasteiger charge is -2.00. The number of hydrogen-bond acceptors (Lipinski definition) is 3. The number of rotatable bonds is 7. The van der Waals surface area contributed by atoms with Gasteiger partial charge in [0.05, 0.1) is 6.10 Å². The molecule has 0 aromatic rings. The van der Waals surface area contributed by atoms with Crippen LogP contribution in [0.25, 0.3) is 0 Å². The Labute approximate surface area is 115 Å². The van der Waals surface area contributed by atoms with Gasteiger partial charge in [-0.05, 0) is 25.8 Å². The maximum atomic E-state index is 10.7. The standard InChI is InChI=1S/C16H20O3/c1-3-9-15(18)11-6-4-5-7-12-16(19)13-8-10-14(2)17/h1,4-6,11,15-16,18-19H,8-10,13H2,2H3/t15-,16+/m0/s1. The highest BCUT2D eigenvalue weighted by molar-refractivity contribution is 5.75. The minimum Gasteiger partial charge on any atom is -0.388 e. The average molecular weight is 260 g/mol. The normalized spacial score (nSPS) is 13.8. The Morgan fingerprint density at radius 1 is 1.37 bits per heavy atom. The van der Waals surface area contributed by atoms with Crippen LogP contribution in [-0.4, -0.2) is 28.2 Å². The number of Topliss-reactive ketones (excluding diaryl/α,β-unsaturated/α-hetero) is 1. The summed E-state index contributed by atoms with van der Waals surface area (Å²) in [6.07, 6.45) is 12.1. The van der Waals surface area contributed by atoms with Gasteiger partial charge in [0.1, 0.15) is 11.9 Å². The second kappa shape index (κ2) is 11.3. The second-order valence-corrected chi connectivity index (χ2v) is 4.12. The molecule has 0 amide bonds. The van der Waals surface area contributed by atoms with Gasteiger partial charge in [0, 0.05) is 12.8 Å². The van der Waals surface area contributed by atoms with E-state index in [-0.39, 0.29) is 12.2 Å². The van der Waals surface area contributed by atoms with Crippen LogP contribution in [0, 0.1) is 24.2 Å². The van der Waals surface area contributed by atoms with Crippen molar-refractivity contribution in [3.63, 3.8) is 0 Å². The minimum absolute atomic E-state index is 0.121. The highest BCUT2D eigenvalue weighted by Crippen LogP contribution is 2.00. The Morgan fingerprint density at radius 2 is 2.11 bits per heavy atom. The maximum Gasteiger partial charge on any atom is 0.129 e. The number of aliphatic hydroxyl groups is 2. The summed E-state index contributed by atoms with van der Waals surface area (Å²) in [5.41, 5.74) is 0. The van der Waals surface area contributed by atoms with Gasteiger partial charge in [-0.1, -0.05) is 30.1 Å². The zero-order valence-corrected chi connectivity index (χ0v) is 11.2. The monoisotopic (exact) mass is 260 g/mol. The first-order valence-corrected chi connectivity index (χ1v) is 6.19. The van der Waals surface area contributed by atoms with Crippen molar-refractivity contribution in [2.75, 3.05) is 0 Å². The number of carbonyl (C=O) groups is 1. The molecule has 0 aromatic heterocycles. The molecule has 0 saturated carbocycles. The molecule has 3 nitrogen and oxygen atoms in total. The average Bonchev–Trinajstić information content (AvgIpc) is 2.33. The van der Waals surface area contributed by atoms with Gasteiger partial charge >= 0.3 is 0 Å². The lowest BCUT2D eigenvalue weighted by Crippen LogP contribution is -2.03. The van der Waals surface area contributed by atoms with Gasteiger partial charge in [0.25, 0.3) is 0 Å². The van der Waals surface area contributed by atoms with Gasteiger partial charge in [-0.25, -0.2) is 0 Å². The first-order chi connectivity index (χ1) is 9.06. The van der Waals surface area contributed by atoms with E-state index in [2.05, 4.69) is 17.8 Å². The minimum atomic E-state index is -0.708. The quantitative estimate of drug-likeness (QED) is 0.540. The van der Waals surface area contributed by atoms with Crippen LogP contribution >= 0.6 is 0 Å². The summed E-state index contributed by atoms with van der Waals surface area (Å²) < 4.78 is 0. The van der Waals surface area contributed by atoms with Crippen LogP contribution in [0.3, 0.4) is 0 Å². The SMILES string of the molecule is C#CC[C@H](O)C=CC=CC#C[C@@H](O)CCCC(C)=O. The summed E-state index contributed by atoms with van der Waals surface area (Å²) in [6.45, 7) is 1.53. The molecule has 0 rings (SSSR count). The topological polar surface area (TPSA) is 57.5 Å². The molecule has 0 heterocycles. The summed E-state index contributed by atoms with van der Waals surface area (Å²) >= 11 is 0. The third-order valence-corrected chi connectivity index (χ3v) is 2.21. The lowest BCUT2D eigenvalue weighted by molar-refractivity contribution is -0.117. The Kier molecular flexibility index (Phi) is 10.2. The van der Waals surface area contributed by atoms with Crippen LogP contribution in [0.5, 0.6) is 0 Å². The van der Waals surface area contributed by atoms with Crippen LogP contribution < -0.4 is 0 Å². The molecule has 0 saturated heterocycles. The highest BCUT2D eigenvalue weighted by atomic mass is 16.3. The molecule has 0 unspecified atom stereocenters. The first kappa shape index (κ1) is 17.2. The van der Waals surface area contributed by atoms with E-state index in [1.165, 1.54) is 6.92 Å². The Hall–Kier alpha value is -1.81. The number of aliphatic hydroxyl groups excluding tert-OH is 2. The largest absolute Gasteiger partial charge is 0.388 e. The van der Waals surface area contributed by atoms with E-state index in [4.69, 9.17) is 6.42 Å². The fourth-order valence-electron chi connectivity index (χ4n) is 1.25. The molecule has 2 atom stereocenters. The van der Waals surface area contributed by atoms with Gasteiger partial charge in [0.15, 0.2) is 0 Å². The molecule has 19 heavy (non-hydrogen) atoms. The van der Waals surface area contributed by atoms with E-state index >= 15 is 0 Å². The van der Waals surface area contributed by atoms with E-state index in [0.717, 1.165) is 0 Å². The van der Waals surface area contributed by atoms with Gasteiger partial charge in [0.2, 0.25) is 0 Å². The van der Waals surface area contributed by atoms with Crippen molar-refractivity contribution in [1.29, 1.82) is 0 Å². The van der Waals surface area contributed by atoms with Crippen LogP contribution in [-0.2, 0) is 4.79 Å². The predicted octanol–water partition coefficient (Wildman–Crippen LogP) is 1.61. The zero-order chi connectivity index (χ0) is 14.5. The van der Waals surface area contributed by atoms with Crippen molar-refractivity contribution < 1.29 is 15.0 Å². The van der Waals surface area contributed by atoms with E-state index in [1.807, 2.05) is 0 Å². The second-order valence-electron chi connectivity index (χ2n) is 4.12. The van der Waals surface area contributed by atoms with Crippen LogP contribution in [0.1, 0.15) is 32.6 Å². The van der Waals surface area contributed by atoms with Gasteiger partial charge in [-0.3, -0.25) is 0 Å². The van der Waals surface area contributed by atoms with Gasteiger partial charge < -0.3 is 15.0 Å². The molecule has 0 fully saturated rings. The molecule has 0 aliphatic carbocycles. The molecule has 2 N–H and O–H groups in total. The van der Waals surface area contributed by atoms with Crippen LogP contribution in [0.2, 0.25) is 0 Å². The smallest absolute Gasteiger partial charge is 0.129 e. The Morgan fingerprint density at radius 3 is 2.74 bits per heavy atom. The van der Waals surface area contributed by atoms with Crippen molar-refractivity contribution >= 4 is 5.78 Å². The highest BCUT2D eigenvalue weighted by Gasteiger charge is 1.99. The lowest BCUT2D eigenvalue weighted by atomic mass is 10.1. The number of terminal acetylenes is 1. The third kappa shape index (κ3) is 12.4. The molecule has 0 aliphatic heterocycles. The molecule has 0 aliphatic rings. The fraction of sp³-hybridized carbons (Fsp3) is 0.438. The van der Waals surface area contributed by atoms with E-state index in [1.54, 1.807) is 24.3 Å². The molecular weight excluding hydrogens is 240 g/mol. The van der Waals surface area contributed by atoms with Crippen molar-refractivity contribution in [3.8, 4) is 24.2 Å². The number of allylic oxidation sites excluding steroid dienone is 3. The summed E-state index contributed by atoms with van der Waals surface area (Å²) in [5.74, 6) is 7.81. The van der Waals surface area contributed by atoms with Crippen LogP contribution in [0.15, 0.2) is 24.3 Å². The number of carbonyl (C=O) groups excluding carboxylic acids is 1. The predicted molar refractivity (Wildman–Crippen MR) is 76.1 cm³/mol. The van der Waals surface area contributed by atoms with Gasteiger partial charge in [-0.2, -0.15) is 0 Å².